The quantitative estimate of drug-likeness (QED) is 0.349. The Bertz CT molecular complexity index is 78.8. The molecule has 0 heterocycles. The van der Waals surface area contributed by atoms with Crippen LogP contribution in [0.25, 0.3) is 0 Å². The maximum atomic E-state index is 8.33. The molecule has 0 saturated carbocycles. The first-order valence-electron chi connectivity index (χ1n) is 1.22. The topological polar surface area (TPSA) is 126 Å². The minimum Gasteiger partial charge on any atom is -0.652 e. The van der Waals surface area contributed by atoms with Gasteiger partial charge in [0, 0.05) is 0 Å². The van der Waals surface area contributed by atoms with Gasteiger partial charge in [0.2, 0.25) is 0 Å². The van der Waals surface area contributed by atoms with E-state index in [0.29, 0.717) is 0 Å². The molecule has 0 spiro atoms. The van der Waals surface area contributed by atoms with Gasteiger partial charge in [-0.05, 0) is 12.3 Å². The van der Waals surface area contributed by atoms with E-state index < -0.39 is 12.3 Å². The number of carbonyl (C=O) groups excluding carboxylic acids is 2. The van der Waals surface area contributed by atoms with Crippen LogP contribution in [0.5, 0.6) is 0 Å². The van der Waals surface area contributed by atoms with E-state index in [4.69, 9.17) is 30.0 Å². The van der Waals surface area contributed by atoms with Gasteiger partial charge in [-0.3, -0.25) is 0 Å². The summed E-state index contributed by atoms with van der Waals surface area (Å²) in [6.45, 7) is 0. The first-order chi connectivity index (χ1) is 3.46. The molecule has 0 rings (SSSR count). The van der Waals surface area contributed by atoms with E-state index in [1.54, 1.807) is 0 Å². The Kier molecular flexibility index (Phi) is 60.2. The molecule has 0 aromatic rings. The van der Waals surface area contributed by atoms with Gasteiger partial charge in [0.05, 0.1) is 0 Å². The second kappa shape index (κ2) is 22.5. The summed E-state index contributed by atoms with van der Waals surface area (Å²) in [7, 11) is 0. The van der Waals surface area contributed by atoms with Gasteiger partial charge < -0.3 is 30.0 Å². The summed E-state index contributed by atoms with van der Waals surface area (Å²) in [5.41, 5.74) is 0. The van der Waals surface area contributed by atoms with E-state index in [1.165, 1.54) is 0 Å². The van der Waals surface area contributed by atoms with Crippen LogP contribution in [0.15, 0.2) is 0 Å². The Morgan fingerprint density at radius 1 is 0.727 bits per heavy atom. The van der Waals surface area contributed by atoms with Crippen molar-refractivity contribution in [3.63, 3.8) is 0 Å². The first kappa shape index (κ1) is 29.4. The normalized spacial score (nSPS) is 4.36. The van der Waals surface area contributed by atoms with Crippen LogP contribution in [0.2, 0.25) is 0 Å². The molecule has 11 heavy (non-hydrogen) atoms. The monoisotopic (exact) mass is 190 g/mol. The van der Waals surface area contributed by atoms with Crippen molar-refractivity contribution >= 4 is 12.3 Å². The third-order valence-electron chi connectivity index (χ3n) is 0. The maximum Gasteiger partial charge on any atom is 1.00 e. The van der Waals surface area contributed by atoms with Gasteiger partial charge in [0.1, 0.15) is 0 Å². The van der Waals surface area contributed by atoms with E-state index in [2.05, 4.69) is 0 Å². The third kappa shape index (κ3) is 443. The van der Waals surface area contributed by atoms with Crippen LogP contribution >= 0.6 is 0 Å². The molecule has 0 N–H and O–H groups in total. The van der Waals surface area contributed by atoms with Crippen LogP contribution in [0.3, 0.4) is 0 Å². The Morgan fingerprint density at radius 2 is 0.727 bits per heavy atom. The summed E-state index contributed by atoms with van der Waals surface area (Å²) in [5.74, 6) is 0. The molecule has 0 amide bonds. The van der Waals surface area contributed by atoms with Crippen molar-refractivity contribution in [1.82, 2.24) is 0 Å². The van der Waals surface area contributed by atoms with Crippen molar-refractivity contribution in [1.29, 1.82) is 0 Å². The molecule has 0 aliphatic rings. The molecular formula is C2HNa3O6. The largest absolute Gasteiger partial charge is 1.00 e. The minimum absolute atomic E-state index is 0. The average Bonchev–Trinajstić information content (AvgIpc) is 1.25. The molecule has 48 valence electrons. The number of carboxylic acid groups (broad SMARTS) is 4. The number of hydrogen-bond donors (Lipinski definition) is 0. The molecule has 0 bridgehead atoms. The number of rotatable bonds is 0. The predicted molar refractivity (Wildman–Crippen MR) is 11.9 cm³/mol. The van der Waals surface area contributed by atoms with Gasteiger partial charge >= 0.3 is 90.1 Å². The molecule has 6 nitrogen and oxygen atoms in total. The van der Waals surface area contributed by atoms with E-state index in [-0.39, 0.29) is 90.1 Å². The van der Waals surface area contributed by atoms with Crippen LogP contribution in [-0.2, 0) is 0 Å². The fourth-order valence-electron chi connectivity index (χ4n) is 0. The van der Waals surface area contributed by atoms with Crippen molar-refractivity contribution in [2.75, 3.05) is 0 Å². The van der Waals surface area contributed by atoms with Gasteiger partial charge in [0.15, 0.2) is 0 Å². The van der Waals surface area contributed by atoms with Crippen LogP contribution in [0.1, 0.15) is 1.43 Å². The van der Waals surface area contributed by atoms with Crippen LogP contribution in [-0.4, -0.2) is 12.3 Å². The van der Waals surface area contributed by atoms with Crippen molar-refractivity contribution in [3.8, 4) is 0 Å². The van der Waals surface area contributed by atoms with Crippen molar-refractivity contribution < 1.29 is 120 Å². The summed E-state index contributed by atoms with van der Waals surface area (Å²) in [5, 5.41) is 33.3. The molecule has 0 aliphatic carbocycles. The van der Waals surface area contributed by atoms with Crippen LogP contribution in [0.4, 0.5) is 9.59 Å². The van der Waals surface area contributed by atoms with Gasteiger partial charge in [-0.15, -0.1) is 0 Å². The van der Waals surface area contributed by atoms with Gasteiger partial charge in [-0.2, -0.15) is 0 Å². The second-order valence-electron chi connectivity index (χ2n) is 0.500. The summed E-state index contributed by atoms with van der Waals surface area (Å²) in [4.78, 5) is 16.7. The standard InChI is InChI=1S/2CH2O3.3Na/c2*2-1(3)4;;;/h2*(H2,2,3,4);;;/q;;3*+1/p-3. The van der Waals surface area contributed by atoms with Gasteiger partial charge in [-0.25, -0.2) is 0 Å². The van der Waals surface area contributed by atoms with Crippen LogP contribution < -0.4 is 109 Å². The summed E-state index contributed by atoms with van der Waals surface area (Å²) >= 11 is 0. The molecule has 0 aromatic carbocycles. The molecule has 0 fully saturated rings. The molecule has 0 saturated heterocycles. The predicted octanol–water partition coefficient (Wildman–Crippen LogP) is -13.8. The molecule has 9 heteroatoms. The van der Waals surface area contributed by atoms with Crippen LogP contribution in [0, 0.1) is 0 Å². The molecule has 0 atom stereocenters. The minimum atomic E-state index is -2.33. The maximum absolute atomic E-state index is 8.33. The average molecular weight is 190 g/mol. The zero-order valence-electron chi connectivity index (χ0n) is 7.45. The third-order valence-corrected chi connectivity index (χ3v) is 0. The molecule has 0 unspecified atom stereocenters. The Balaban J connectivity index is -0.0000000112. The van der Waals surface area contributed by atoms with E-state index >= 15 is 0 Å². The van der Waals surface area contributed by atoms with Gasteiger partial charge in [0.25, 0.3) is 0 Å². The van der Waals surface area contributed by atoms with E-state index in [9.17, 15) is 0 Å². The van der Waals surface area contributed by atoms with Crippen molar-refractivity contribution in [2.24, 2.45) is 0 Å². The van der Waals surface area contributed by atoms with Crippen molar-refractivity contribution in [2.45, 2.75) is 0 Å². The number of carbonyl (C=O) groups is 2. The molecule has 0 aromatic heterocycles. The number of hydrogen-bond acceptors (Lipinski definition) is 6. The summed E-state index contributed by atoms with van der Waals surface area (Å²) in [6, 6.07) is 0. The SMILES string of the molecule is O=C([O-])[O-].O=C([O-])[O-].[H+].[Na+].[Na+].[Na+]. The smallest absolute Gasteiger partial charge is 0.652 e. The van der Waals surface area contributed by atoms with E-state index in [1.807, 2.05) is 0 Å². The van der Waals surface area contributed by atoms with Crippen molar-refractivity contribution in [3.05, 3.63) is 0 Å². The zero-order chi connectivity index (χ0) is 7.15. The summed E-state index contributed by atoms with van der Waals surface area (Å²) < 4.78 is 0. The second-order valence-corrected chi connectivity index (χ2v) is 0.500. The zero-order valence-corrected chi connectivity index (χ0v) is 12.4. The fourth-order valence-corrected chi connectivity index (χ4v) is 0. The summed E-state index contributed by atoms with van der Waals surface area (Å²) in [6.07, 6.45) is -4.67. The molecule has 0 aliphatic heterocycles. The molecular weight excluding hydrogens is 189 g/mol. The van der Waals surface area contributed by atoms with E-state index in [0.717, 1.165) is 0 Å². The fraction of sp³-hybridized carbons (Fsp3) is 0. The van der Waals surface area contributed by atoms with Gasteiger partial charge in [-0.1, -0.05) is 0 Å². The Labute approximate surface area is 130 Å². The molecule has 0 radical (unpaired) electrons. The Morgan fingerprint density at radius 3 is 0.727 bits per heavy atom. The Hall–Kier alpha value is 1.54. The first-order valence-corrected chi connectivity index (χ1v) is 1.22.